The van der Waals surface area contributed by atoms with Crippen LogP contribution in [0.1, 0.15) is 46.5 Å². The standard InChI is InChI=1S/C15H28N2O/c1-10-6-11(2)9-17(8-10)15(18)13-4-5-14(16)12(3)7-13/h10-14H,4-9,16H2,1-3H3. The van der Waals surface area contributed by atoms with Crippen molar-refractivity contribution in [2.24, 2.45) is 29.4 Å². The van der Waals surface area contributed by atoms with Gasteiger partial charge in [0.2, 0.25) is 5.91 Å². The van der Waals surface area contributed by atoms with Gasteiger partial charge in [-0.25, -0.2) is 0 Å². The first-order chi connectivity index (χ1) is 8.47. The first-order valence-corrected chi connectivity index (χ1v) is 7.51. The van der Waals surface area contributed by atoms with Gasteiger partial charge in [0.25, 0.3) is 0 Å². The lowest BCUT2D eigenvalue weighted by molar-refractivity contribution is -0.139. The van der Waals surface area contributed by atoms with Crippen molar-refractivity contribution >= 4 is 5.91 Å². The van der Waals surface area contributed by atoms with Crippen molar-refractivity contribution in [3.05, 3.63) is 0 Å². The van der Waals surface area contributed by atoms with Crippen LogP contribution in [0.4, 0.5) is 0 Å². The first kappa shape index (κ1) is 13.9. The lowest BCUT2D eigenvalue weighted by Crippen LogP contribution is -2.47. The van der Waals surface area contributed by atoms with Gasteiger partial charge in [-0.1, -0.05) is 20.8 Å². The van der Waals surface area contributed by atoms with E-state index in [1.54, 1.807) is 0 Å². The van der Waals surface area contributed by atoms with Gasteiger partial charge in [0.15, 0.2) is 0 Å². The van der Waals surface area contributed by atoms with Gasteiger partial charge in [-0.15, -0.1) is 0 Å². The van der Waals surface area contributed by atoms with Crippen molar-refractivity contribution < 1.29 is 4.79 Å². The molecule has 0 aromatic carbocycles. The Morgan fingerprint density at radius 3 is 2.22 bits per heavy atom. The summed E-state index contributed by atoms with van der Waals surface area (Å²) in [7, 11) is 0. The zero-order valence-corrected chi connectivity index (χ0v) is 12.1. The maximum absolute atomic E-state index is 12.6. The molecule has 1 aliphatic carbocycles. The fourth-order valence-electron chi connectivity index (χ4n) is 3.74. The second kappa shape index (κ2) is 5.60. The van der Waals surface area contributed by atoms with Crippen LogP contribution < -0.4 is 5.73 Å². The van der Waals surface area contributed by atoms with Gasteiger partial charge >= 0.3 is 0 Å². The normalized spacial score (nSPS) is 41.8. The van der Waals surface area contributed by atoms with Crippen LogP contribution in [0.25, 0.3) is 0 Å². The molecular formula is C15H28N2O. The van der Waals surface area contributed by atoms with Crippen LogP contribution in [0.15, 0.2) is 0 Å². The fourth-order valence-corrected chi connectivity index (χ4v) is 3.74. The molecular weight excluding hydrogens is 224 g/mol. The van der Waals surface area contributed by atoms with Crippen molar-refractivity contribution in [1.82, 2.24) is 4.90 Å². The van der Waals surface area contributed by atoms with Crippen molar-refractivity contribution in [2.75, 3.05) is 13.1 Å². The van der Waals surface area contributed by atoms with E-state index in [2.05, 4.69) is 25.7 Å². The summed E-state index contributed by atoms with van der Waals surface area (Å²) >= 11 is 0. The highest BCUT2D eigenvalue weighted by atomic mass is 16.2. The average molecular weight is 252 g/mol. The van der Waals surface area contributed by atoms with Gasteiger partial charge in [0, 0.05) is 25.0 Å². The number of nitrogens with two attached hydrogens (primary N) is 1. The molecule has 18 heavy (non-hydrogen) atoms. The SMILES string of the molecule is CC1CC(C)CN(C(=O)C2CCC(N)C(C)C2)C1. The Morgan fingerprint density at radius 1 is 1.06 bits per heavy atom. The summed E-state index contributed by atoms with van der Waals surface area (Å²) in [6.45, 7) is 8.62. The van der Waals surface area contributed by atoms with Crippen LogP contribution in [0.3, 0.4) is 0 Å². The molecule has 0 aromatic rings. The molecule has 104 valence electrons. The molecule has 1 saturated heterocycles. The fraction of sp³-hybridized carbons (Fsp3) is 0.933. The summed E-state index contributed by atoms with van der Waals surface area (Å²) in [5.41, 5.74) is 6.04. The third-order valence-corrected chi connectivity index (χ3v) is 4.77. The number of carbonyl (C=O) groups excluding carboxylic acids is 1. The molecule has 3 nitrogen and oxygen atoms in total. The largest absolute Gasteiger partial charge is 0.342 e. The number of hydrogen-bond donors (Lipinski definition) is 1. The molecule has 3 heteroatoms. The van der Waals surface area contributed by atoms with Crippen molar-refractivity contribution in [2.45, 2.75) is 52.5 Å². The van der Waals surface area contributed by atoms with Crippen molar-refractivity contribution in [3.63, 3.8) is 0 Å². The molecule has 0 spiro atoms. The summed E-state index contributed by atoms with van der Waals surface area (Å²) in [6.07, 6.45) is 4.25. The molecule has 2 fully saturated rings. The van der Waals surface area contributed by atoms with Crippen molar-refractivity contribution in [3.8, 4) is 0 Å². The predicted molar refractivity (Wildman–Crippen MR) is 74.0 cm³/mol. The minimum absolute atomic E-state index is 0.234. The van der Waals surface area contributed by atoms with Crippen LogP contribution in [-0.2, 0) is 4.79 Å². The molecule has 1 heterocycles. The Morgan fingerprint density at radius 2 is 1.67 bits per heavy atom. The van der Waals surface area contributed by atoms with Crippen LogP contribution in [-0.4, -0.2) is 29.9 Å². The Balaban J connectivity index is 1.94. The number of amides is 1. The quantitative estimate of drug-likeness (QED) is 0.778. The van der Waals surface area contributed by atoms with Gasteiger partial charge in [-0.2, -0.15) is 0 Å². The first-order valence-electron chi connectivity index (χ1n) is 7.51. The minimum atomic E-state index is 0.234. The van der Waals surface area contributed by atoms with Crippen LogP contribution in [0, 0.1) is 23.7 Å². The Labute approximate surface area is 111 Å². The minimum Gasteiger partial charge on any atom is -0.342 e. The van der Waals surface area contributed by atoms with E-state index < -0.39 is 0 Å². The smallest absolute Gasteiger partial charge is 0.225 e. The topological polar surface area (TPSA) is 46.3 Å². The third-order valence-electron chi connectivity index (χ3n) is 4.77. The van der Waals surface area contributed by atoms with Crippen LogP contribution in [0.2, 0.25) is 0 Å². The van der Waals surface area contributed by atoms with E-state index in [9.17, 15) is 4.79 Å². The average Bonchev–Trinajstić information content (AvgIpc) is 2.30. The van der Waals surface area contributed by atoms with Gasteiger partial charge < -0.3 is 10.6 Å². The lowest BCUT2D eigenvalue weighted by Gasteiger charge is -2.39. The summed E-state index contributed by atoms with van der Waals surface area (Å²) in [6, 6.07) is 0.299. The molecule has 2 rings (SSSR count). The molecule has 2 aliphatic rings. The number of nitrogens with zero attached hydrogens (tertiary/aromatic N) is 1. The maximum atomic E-state index is 12.6. The summed E-state index contributed by atoms with van der Waals surface area (Å²) in [5, 5.41) is 0. The van der Waals surface area contributed by atoms with Gasteiger partial charge in [0.05, 0.1) is 0 Å². The molecule has 1 saturated carbocycles. The molecule has 2 N–H and O–H groups in total. The highest BCUT2D eigenvalue weighted by Gasteiger charge is 2.34. The van der Waals surface area contributed by atoms with Crippen LogP contribution in [0.5, 0.6) is 0 Å². The Bertz CT molecular complexity index is 295. The number of rotatable bonds is 1. The van der Waals surface area contributed by atoms with Gasteiger partial charge in [-0.3, -0.25) is 4.79 Å². The van der Waals surface area contributed by atoms with Gasteiger partial charge in [0.1, 0.15) is 0 Å². The van der Waals surface area contributed by atoms with E-state index in [-0.39, 0.29) is 5.92 Å². The molecule has 5 unspecified atom stereocenters. The summed E-state index contributed by atoms with van der Waals surface area (Å²) < 4.78 is 0. The molecule has 0 radical (unpaired) electrons. The lowest BCUT2D eigenvalue weighted by atomic mass is 9.78. The zero-order valence-electron chi connectivity index (χ0n) is 12.1. The van der Waals surface area contributed by atoms with E-state index in [1.165, 1.54) is 6.42 Å². The number of likely N-dealkylation sites (tertiary alicyclic amines) is 1. The third kappa shape index (κ3) is 3.05. The van der Waals surface area contributed by atoms with E-state index >= 15 is 0 Å². The zero-order chi connectivity index (χ0) is 13.3. The summed E-state index contributed by atoms with van der Waals surface area (Å²) in [5.74, 6) is 2.43. The molecule has 0 bridgehead atoms. The summed E-state index contributed by atoms with van der Waals surface area (Å²) in [4.78, 5) is 14.7. The number of piperidine rings is 1. The second-order valence-corrected chi connectivity index (χ2v) is 6.84. The molecule has 5 atom stereocenters. The Kier molecular flexibility index (Phi) is 4.31. The number of carbonyl (C=O) groups is 1. The van der Waals surface area contributed by atoms with E-state index in [4.69, 9.17) is 5.73 Å². The van der Waals surface area contributed by atoms with Crippen LogP contribution >= 0.6 is 0 Å². The maximum Gasteiger partial charge on any atom is 0.225 e. The predicted octanol–water partition coefficient (Wildman–Crippen LogP) is 2.25. The second-order valence-electron chi connectivity index (χ2n) is 6.84. The molecule has 0 aromatic heterocycles. The number of hydrogen-bond acceptors (Lipinski definition) is 2. The highest BCUT2D eigenvalue weighted by molar-refractivity contribution is 5.79. The van der Waals surface area contributed by atoms with E-state index in [0.29, 0.717) is 29.7 Å². The van der Waals surface area contributed by atoms with E-state index in [1.807, 2.05) is 0 Å². The van der Waals surface area contributed by atoms with Crippen molar-refractivity contribution in [1.29, 1.82) is 0 Å². The van der Waals surface area contributed by atoms with Gasteiger partial charge in [-0.05, 0) is 43.4 Å². The molecule has 1 amide bonds. The Hall–Kier alpha value is -0.570. The molecule has 1 aliphatic heterocycles. The highest BCUT2D eigenvalue weighted by Crippen LogP contribution is 2.31. The van der Waals surface area contributed by atoms with E-state index in [0.717, 1.165) is 32.4 Å². The monoisotopic (exact) mass is 252 g/mol.